The first-order valence-electron chi connectivity index (χ1n) is 7.17. The zero-order chi connectivity index (χ0) is 15.0. The van der Waals surface area contributed by atoms with Gasteiger partial charge in [-0.3, -0.25) is 10.00 Å². The minimum absolute atomic E-state index is 0.0249. The summed E-state index contributed by atoms with van der Waals surface area (Å²) < 4.78 is 23.9. The van der Waals surface area contributed by atoms with Gasteiger partial charge in [-0.2, -0.15) is 5.10 Å². The Balaban J connectivity index is 2.10. The van der Waals surface area contributed by atoms with Crippen LogP contribution in [-0.4, -0.2) is 47.6 Å². The van der Waals surface area contributed by atoms with Crippen LogP contribution in [0.5, 0.6) is 0 Å². The molecule has 114 valence electrons. The van der Waals surface area contributed by atoms with Crippen LogP contribution in [0.3, 0.4) is 0 Å². The molecule has 2 heterocycles. The zero-order valence-corrected chi connectivity index (χ0v) is 13.6. The number of sulfone groups is 1. The average Bonchev–Trinajstić information content (AvgIpc) is 2.75. The summed E-state index contributed by atoms with van der Waals surface area (Å²) in [6.07, 6.45) is 2.58. The van der Waals surface area contributed by atoms with Gasteiger partial charge in [-0.05, 0) is 19.9 Å². The van der Waals surface area contributed by atoms with Crippen LogP contribution < -0.4 is 0 Å². The van der Waals surface area contributed by atoms with Crippen molar-refractivity contribution >= 4 is 9.84 Å². The van der Waals surface area contributed by atoms with E-state index >= 15 is 0 Å². The van der Waals surface area contributed by atoms with E-state index in [1.54, 1.807) is 0 Å². The lowest BCUT2D eigenvalue weighted by Crippen LogP contribution is -2.28. The third kappa shape index (κ3) is 3.41. The first-order chi connectivity index (χ1) is 9.20. The average molecular weight is 299 g/mol. The molecule has 0 bridgehead atoms. The van der Waals surface area contributed by atoms with E-state index in [-0.39, 0.29) is 16.4 Å². The van der Waals surface area contributed by atoms with Gasteiger partial charge in [0.1, 0.15) is 0 Å². The maximum atomic E-state index is 11.9. The second-order valence-corrected chi connectivity index (χ2v) is 9.30. The number of hydrogen-bond acceptors (Lipinski definition) is 4. The molecule has 1 aromatic heterocycles. The van der Waals surface area contributed by atoms with Gasteiger partial charge in [0.2, 0.25) is 0 Å². The number of nitrogens with one attached hydrogen (secondary N) is 1. The van der Waals surface area contributed by atoms with Gasteiger partial charge < -0.3 is 0 Å². The van der Waals surface area contributed by atoms with Crippen molar-refractivity contribution in [1.82, 2.24) is 15.1 Å². The molecule has 0 aromatic carbocycles. The quantitative estimate of drug-likeness (QED) is 0.903. The first-order valence-corrected chi connectivity index (χ1v) is 8.88. The Kier molecular flexibility index (Phi) is 4.25. The fourth-order valence-corrected chi connectivity index (χ4v) is 3.97. The molecule has 0 unspecified atom stereocenters. The highest BCUT2D eigenvalue weighted by atomic mass is 32.2. The number of H-pyrrole nitrogens is 1. The van der Waals surface area contributed by atoms with Crippen molar-refractivity contribution in [3.8, 4) is 0 Å². The Labute approximate surface area is 121 Å². The molecule has 1 aliphatic heterocycles. The van der Waals surface area contributed by atoms with Crippen LogP contribution in [0, 0.1) is 0 Å². The van der Waals surface area contributed by atoms with E-state index in [0.29, 0.717) is 13.0 Å². The van der Waals surface area contributed by atoms with Gasteiger partial charge in [0.15, 0.2) is 9.84 Å². The lowest BCUT2D eigenvalue weighted by Gasteiger charge is -2.23. The Hall–Kier alpha value is -0.880. The molecule has 6 heteroatoms. The van der Waals surface area contributed by atoms with E-state index in [0.717, 1.165) is 18.8 Å². The number of aromatic nitrogens is 2. The summed E-state index contributed by atoms with van der Waals surface area (Å²) in [5.41, 5.74) is 2.33. The highest BCUT2D eigenvalue weighted by Gasteiger charge is 2.27. The van der Waals surface area contributed by atoms with Gasteiger partial charge in [0.25, 0.3) is 0 Å². The van der Waals surface area contributed by atoms with E-state index in [1.165, 1.54) is 5.56 Å². The monoisotopic (exact) mass is 299 g/mol. The van der Waals surface area contributed by atoms with Crippen LogP contribution in [0.4, 0.5) is 0 Å². The molecule has 1 saturated heterocycles. The van der Waals surface area contributed by atoms with Gasteiger partial charge in [-0.1, -0.05) is 20.8 Å². The minimum atomic E-state index is -2.91. The SMILES string of the molecule is C[C@@H]1CCN(Cc2cn[nH]c2C(C)(C)C)CCS1(=O)=O. The number of rotatable bonds is 2. The standard InChI is InChI=1S/C14H25N3O2S/c1-11-5-6-17(7-8-20(11,18)19)10-12-9-15-16-13(12)14(2,3)4/h9,11H,5-8,10H2,1-4H3,(H,15,16)/t11-/m1/s1. The van der Waals surface area contributed by atoms with Crippen LogP contribution >= 0.6 is 0 Å². The molecule has 0 saturated carbocycles. The predicted molar refractivity (Wildman–Crippen MR) is 80.4 cm³/mol. The Morgan fingerprint density at radius 2 is 2.10 bits per heavy atom. The van der Waals surface area contributed by atoms with Crippen LogP contribution in [0.25, 0.3) is 0 Å². The molecule has 1 fully saturated rings. The summed E-state index contributed by atoms with van der Waals surface area (Å²) in [7, 11) is -2.91. The lowest BCUT2D eigenvalue weighted by atomic mass is 9.89. The van der Waals surface area contributed by atoms with Gasteiger partial charge in [0, 0.05) is 29.8 Å². The fraction of sp³-hybridized carbons (Fsp3) is 0.786. The van der Waals surface area contributed by atoms with E-state index < -0.39 is 9.84 Å². The summed E-state index contributed by atoms with van der Waals surface area (Å²) in [6.45, 7) is 10.5. The topological polar surface area (TPSA) is 66.1 Å². The maximum Gasteiger partial charge on any atom is 0.154 e. The van der Waals surface area contributed by atoms with E-state index in [2.05, 4.69) is 35.9 Å². The third-order valence-electron chi connectivity index (χ3n) is 4.02. The van der Waals surface area contributed by atoms with Crippen molar-refractivity contribution in [3.63, 3.8) is 0 Å². The molecule has 0 aliphatic carbocycles. The molecule has 0 radical (unpaired) electrons. The largest absolute Gasteiger partial charge is 0.298 e. The first kappa shape index (κ1) is 15.5. The van der Waals surface area contributed by atoms with Crippen molar-refractivity contribution in [2.75, 3.05) is 18.8 Å². The van der Waals surface area contributed by atoms with Crippen LogP contribution in [0.1, 0.15) is 45.4 Å². The van der Waals surface area contributed by atoms with Gasteiger partial charge >= 0.3 is 0 Å². The highest BCUT2D eigenvalue weighted by molar-refractivity contribution is 7.92. The van der Waals surface area contributed by atoms with Crippen molar-refractivity contribution in [2.45, 2.75) is 51.3 Å². The summed E-state index contributed by atoms with van der Waals surface area (Å²) >= 11 is 0. The van der Waals surface area contributed by atoms with Crippen LogP contribution in [0.15, 0.2) is 6.20 Å². The van der Waals surface area contributed by atoms with Crippen molar-refractivity contribution in [1.29, 1.82) is 0 Å². The van der Waals surface area contributed by atoms with Crippen molar-refractivity contribution in [2.24, 2.45) is 0 Å². The van der Waals surface area contributed by atoms with E-state index in [4.69, 9.17) is 0 Å². The maximum absolute atomic E-state index is 11.9. The molecule has 1 N–H and O–H groups in total. The van der Waals surface area contributed by atoms with Crippen LogP contribution in [-0.2, 0) is 21.8 Å². The summed E-state index contributed by atoms with van der Waals surface area (Å²) in [5, 5.41) is 7.01. The van der Waals surface area contributed by atoms with Gasteiger partial charge in [-0.15, -0.1) is 0 Å². The van der Waals surface area contributed by atoms with Crippen LogP contribution in [0.2, 0.25) is 0 Å². The number of nitrogens with zero attached hydrogens (tertiary/aromatic N) is 2. The molecule has 20 heavy (non-hydrogen) atoms. The number of aromatic amines is 1. The molecular formula is C14H25N3O2S. The lowest BCUT2D eigenvalue weighted by molar-refractivity contribution is 0.281. The normalized spacial score (nSPS) is 24.5. The fourth-order valence-electron chi connectivity index (χ4n) is 2.59. The summed E-state index contributed by atoms with van der Waals surface area (Å²) in [4.78, 5) is 2.22. The van der Waals surface area contributed by atoms with E-state index in [1.807, 2.05) is 13.1 Å². The minimum Gasteiger partial charge on any atom is -0.298 e. The van der Waals surface area contributed by atoms with Gasteiger partial charge in [-0.25, -0.2) is 8.42 Å². The molecule has 0 spiro atoms. The summed E-state index contributed by atoms with van der Waals surface area (Å²) in [6, 6.07) is 0. The van der Waals surface area contributed by atoms with Gasteiger partial charge in [0.05, 0.1) is 17.2 Å². The zero-order valence-electron chi connectivity index (χ0n) is 12.8. The number of hydrogen-bond donors (Lipinski definition) is 1. The molecule has 5 nitrogen and oxygen atoms in total. The Bertz CT molecular complexity index is 557. The molecule has 2 rings (SSSR count). The summed E-state index contributed by atoms with van der Waals surface area (Å²) in [5.74, 6) is 0.261. The molecular weight excluding hydrogens is 274 g/mol. The Morgan fingerprint density at radius 1 is 1.40 bits per heavy atom. The predicted octanol–water partition coefficient (Wildman–Crippen LogP) is 1.72. The molecule has 1 aromatic rings. The highest BCUT2D eigenvalue weighted by Crippen LogP contribution is 2.25. The Morgan fingerprint density at radius 3 is 2.75 bits per heavy atom. The molecule has 1 atom stereocenters. The third-order valence-corrected chi connectivity index (χ3v) is 6.23. The second-order valence-electron chi connectivity index (χ2n) is 6.76. The molecule has 1 aliphatic rings. The van der Waals surface area contributed by atoms with Crippen molar-refractivity contribution in [3.05, 3.63) is 17.5 Å². The van der Waals surface area contributed by atoms with Crippen molar-refractivity contribution < 1.29 is 8.42 Å². The second kappa shape index (κ2) is 5.48. The van der Waals surface area contributed by atoms with E-state index in [9.17, 15) is 8.42 Å². The smallest absolute Gasteiger partial charge is 0.154 e. The molecule has 0 amide bonds.